The lowest BCUT2D eigenvalue weighted by Gasteiger charge is -2.05. The first-order chi connectivity index (χ1) is 8.13. The lowest BCUT2D eigenvalue weighted by Crippen LogP contribution is -1.85. The average Bonchev–Trinajstić information content (AvgIpc) is 2.61. The third-order valence-corrected chi connectivity index (χ3v) is 4.10. The van der Waals surface area contributed by atoms with Gasteiger partial charge >= 0.3 is 0 Å². The fraction of sp³-hybridized carbons (Fsp3) is 0.250. The highest BCUT2D eigenvalue weighted by Gasteiger charge is 2.08. The number of allylic oxidation sites excluding steroid dienone is 2. The molecule has 0 aliphatic rings. The van der Waals surface area contributed by atoms with Gasteiger partial charge in [-0.2, -0.15) is 0 Å². The van der Waals surface area contributed by atoms with Crippen LogP contribution in [0.3, 0.4) is 0 Å². The van der Waals surface area contributed by atoms with Gasteiger partial charge in [0.1, 0.15) is 0 Å². The van der Waals surface area contributed by atoms with Gasteiger partial charge in [-0.25, -0.2) is 0 Å². The largest absolute Gasteiger partial charge is 0.140 e. The maximum absolute atomic E-state index is 3.73. The van der Waals surface area contributed by atoms with Crippen molar-refractivity contribution in [2.45, 2.75) is 26.7 Å². The Bertz CT molecular complexity index is 570. The van der Waals surface area contributed by atoms with Gasteiger partial charge in [0.25, 0.3) is 0 Å². The average molecular weight is 242 g/mol. The van der Waals surface area contributed by atoms with E-state index in [1.165, 1.54) is 26.1 Å². The van der Waals surface area contributed by atoms with E-state index in [4.69, 9.17) is 0 Å². The summed E-state index contributed by atoms with van der Waals surface area (Å²) in [5.74, 6) is 0.579. The molecule has 0 aliphatic heterocycles. The van der Waals surface area contributed by atoms with Gasteiger partial charge in [-0.1, -0.05) is 44.7 Å². The molecule has 0 radical (unpaired) electrons. The van der Waals surface area contributed by atoms with Crippen LogP contribution in [0.15, 0.2) is 36.9 Å². The lowest BCUT2D eigenvalue weighted by atomic mass is 10.00. The Kier molecular flexibility index (Phi) is 3.49. The van der Waals surface area contributed by atoms with Crippen LogP contribution in [0.4, 0.5) is 0 Å². The van der Waals surface area contributed by atoms with E-state index in [1.54, 1.807) is 0 Å². The van der Waals surface area contributed by atoms with Gasteiger partial charge in [0.15, 0.2) is 0 Å². The maximum Gasteiger partial charge on any atom is 0.0351 e. The molecule has 0 spiro atoms. The fourth-order valence-corrected chi connectivity index (χ4v) is 3.02. The molecule has 0 amide bonds. The van der Waals surface area contributed by atoms with Gasteiger partial charge in [0.2, 0.25) is 0 Å². The molecule has 1 heteroatoms. The first-order valence-corrected chi connectivity index (χ1v) is 6.77. The Balaban J connectivity index is 2.64. The van der Waals surface area contributed by atoms with Crippen molar-refractivity contribution in [3.8, 4) is 0 Å². The highest BCUT2D eigenvalue weighted by molar-refractivity contribution is 7.19. The number of fused-ring (bicyclic) bond motifs is 1. The molecule has 0 fully saturated rings. The second-order valence-electron chi connectivity index (χ2n) is 4.58. The van der Waals surface area contributed by atoms with Crippen molar-refractivity contribution in [2.24, 2.45) is 0 Å². The maximum atomic E-state index is 3.73. The molecule has 2 aromatic rings. The third kappa shape index (κ3) is 2.34. The Morgan fingerprint density at radius 2 is 2.06 bits per heavy atom. The predicted molar refractivity (Wildman–Crippen MR) is 79.9 cm³/mol. The summed E-state index contributed by atoms with van der Waals surface area (Å²) in [6, 6.07) is 6.81. The molecule has 0 bridgehead atoms. The molecule has 0 aliphatic carbocycles. The van der Waals surface area contributed by atoms with E-state index in [0.29, 0.717) is 5.92 Å². The van der Waals surface area contributed by atoms with Crippen LogP contribution in [0.1, 0.15) is 35.8 Å². The minimum absolute atomic E-state index is 0.579. The topological polar surface area (TPSA) is 0 Å². The molecule has 1 aromatic heterocycles. The van der Waals surface area contributed by atoms with Gasteiger partial charge in [0.05, 0.1) is 0 Å². The number of rotatable bonds is 3. The molecule has 1 heterocycles. The van der Waals surface area contributed by atoms with Gasteiger partial charge in [0, 0.05) is 15.0 Å². The van der Waals surface area contributed by atoms with Crippen LogP contribution in [-0.2, 0) is 0 Å². The van der Waals surface area contributed by atoms with Crippen LogP contribution in [0.2, 0.25) is 0 Å². The quantitative estimate of drug-likeness (QED) is 0.620. The molecule has 0 saturated carbocycles. The van der Waals surface area contributed by atoms with Crippen molar-refractivity contribution in [1.82, 2.24) is 0 Å². The van der Waals surface area contributed by atoms with Gasteiger partial charge in [-0.05, 0) is 36.1 Å². The molecular weight excluding hydrogens is 224 g/mol. The molecule has 2 rings (SSSR count). The molecule has 0 nitrogen and oxygen atoms in total. The normalized spacial score (nSPS) is 11.8. The van der Waals surface area contributed by atoms with Crippen LogP contribution < -0.4 is 0 Å². The van der Waals surface area contributed by atoms with Crippen LogP contribution >= 0.6 is 11.3 Å². The molecule has 0 N–H and O–H groups in total. The van der Waals surface area contributed by atoms with Gasteiger partial charge in [-0.3, -0.25) is 0 Å². The molecule has 0 unspecified atom stereocenters. The Morgan fingerprint density at radius 3 is 2.71 bits per heavy atom. The van der Waals surface area contributed by atoms with Gasteiger partial charge < -0.3 is 0 Å². The first-order valence-electron chi connectivity index (χ1n) is 5.95. The summed E-state index contributed by atoms with van der Waals surface area (Å²) >= 11 is 1.86. The summed E-state index contributed by atoms with van der Waals surface area (Å²) in [6.45, 7) is 10.4. The SMILES string of the molecule is C=C/C=C\c1c(C)sc2ccc(C(C)C)cc12. The van der Waals surface area contributed by atoms with E-state index in [1.807, 2.05) is 23.5 Å². The number of thiophene rings is 1. The lowest BCUT2D eigenvalue weighted by molar-refractivity contribution is 0.869. The highest BCUT2D eigenvalue weighted by atomic mass is 32.1. The second kappa shape index (κ2) is 4.89. The molecule has 0 atom stereocenters. The van der Waals surface area contributed by atoms with Crippen molar-refractivity contribution in [1.29, 1.82) is 0 Å². The number of hydrogen-bond acceptors (Lipinski definition) is 1. The first kappa shape index (κ1) is 12.1. The summed E-state index contributed by atoms with van der Waals surface area (Å²) < 4.78 is 1.37. The van der Waals surface area contributed by atoms with Crippen LogP contribution in [-0.4, -0.2) is 0 Å². The predicted octanol–water partition coefficient (Wildman–Crippen LogP) is 5.53. The zero-order valence-corrected chi connectivity index (χ0v) is 11.5. The van der Waals surface area contributed by atoms with Crippen molar-refractivity contribution < 1.29 is 0 Å². The van der Waals surface area contributed by atoms with E-state index in [-0.39, 0.29) is 0 Å². The second-order valence-corrected chi connectivity index (χ2v) is 5.83. The summed E-state index contributed by atoms with van der Waals surface area (Å²) in [5, 5.41) is 1.37. The summed E-state index contributed by atoms with van der Waals surface area (Å²) in [5.41, 5.74) is 2.75. The monoisotopic (exact) mass is 242 g/mol. The standard InChI is InChI=1S/C16H18S/c1-5-6-7-14-12(4)17-16-9-8-13(11(2)3)10-15(14)16/h5-11H,1H2,2-4H3/b7-6-. The Morgan fingerprint density at radius 1 is 1.29 bits per heavy atom. The van der Waals surface area contributed by atoms with Crippen molar-refractivity contribution >= 4 is 27.5 Å². The molecule has 0 saturated heterocycles. The van der Waals surface area contributed by atoms with E-state index >= 15 is 0 Å². The van der Waals surface area contributed by atoms with E-state index in [2.05, 4.69) is 51.6 Å². The zero-order chi connectivity index (χ0) is 12.4. The number of benzene rings is 1. The minimum Gasteiger partial charge on any atom is -0.140 e. The van der Waals surface area contributed by atoms with E-state index in [0.717, 1.165) is 0 Å². The number of hydrogen-bond donors (Lipinski definition) is 0. The summed E-state index contributed by atoms with van der Waals surface area (Å²) in [4.78, 5) is 1.37. The fourth-order valence-electron chi connectivity index (χ4n) is 1.99. The molecule has 88 valence electrons. The van der Waals surface area contributed by atoms with Crippen molar-refractivity contribution in [2.75, 3.05) is 0 Å². The molecular formula is C16H18S. The minimum atomic E-state index is 0.579. The van der Waals surface area contributed by atoms with E-state index in [9.17, 15) is 0 Å². The Labute approximate surface area is 107 Å². The smallest absolute Gasteiger partial charge is 0.0351 e. The molecule has 17 heavy (non-hydrogen) atoms. The third-order valence-electron chi connectivity index (χ3n) is 3.00. The summed E-state index contributed by atoms with van der Waals surface area (Å²) in [7, 11) is 0. The van der Waals surface area contributed by atoms with Crippen molar-refractivity contribution in [3.05, 3.63) is 52.9 Å². The number of aryl methyl sites for hydroxylation is 1. The van der Waals surface area contributed by atoms with Crippen LogP contribution in [0.5, 0.6) is 0 Å². The van der Waals surface area contributed by atoms with E-state index < -0.39 is 0 Å². The van der Waals surface area contributed by atoms with Crippen LogP contribution in [0, 0.1) is 6.92 Å². The van der Waals surface area contributed by atoms with Crippen molar-refractivity contribution in [3.63, 3.8) is 0 Å². The highest BCUT2D eigenvalue weighted by Crippen LogP contribution is 2.33. The van der Waals surface area contributed by atoms with Gasteiger partial charge in [-0.15, -0.1) is 11.3 Å². The zero-order valence-electron chi connectivity index (χ0n) is 10.7. The van der Waals surface area contributed by atoms with Crippen LogP contribution in [0.25, 0.3) is 16.2 Å². The summed E-state index contributed by atoms with van der Waals surface area (Å²) in [6.07, 6.45) is 6.00. The molecule has 1 aromatic carbocycles. The Hall–Kier alpha value is -1.34.